The zero-order chi connectivity index (χ0) is 24.9. The van der Waals surface area contributed by atoms with Gasteiger partial charge in [-0.15, -0.1) is 0 Å². The SMILES string of the molecule is CN(C(=O)[C@@H](N)C1CCC(COCc2ccc(NS(=O)(=O)CC(F)(F)F)cc2)CC1)C1CCC1. The first-order chi connectivity index (χ1) is 15.9. The van der Waals surface area contributed by atoms with Crippen molar-refractivity contribution in [1.29, 1.82) is 0 Å². The second-order valence-electron chi connectivity index (χ2n) is 9.53. The van der Waals surface area contributed by atoms with E-state index in [1.165, 1.54) is 18.6 Å². The zero-order valence-electron chi connectivity index (χ0n) is 19.4. The van der Waals surface area contributed by atoms with Gasteiger partial charge in [0.15, 0.2) is 5.75 Å². The van der Waals surface area contributed by atoms with E-state index < -0.39 is 28.0 Å². The Morgan fingerprint density at radius 3 is 2.29 bits per heavy atom. The van der Waals surface area contributed by atoms with Gasteiger partial charge in [0.2, 0.25) is 15.9 Å². The lowest BCUT2D eigenvalue weighted by Crippen LogP contribution is -2.52. The van der Waals surface area contributed by atoms with Gasteiger partial charge in [-0.25, -0.2) is 8.42 Å². The average Bonchev–Trinajstić information content (AvgIpc) is 2.71. The van der Waals surface area contributed by atoms with E-state index in [4.69, 9.17) is 10.5 Å². The van der Waals surface area contributed by atoms with Crippen LogP contribution in [-0.4, -0.2) is 56.9 Å². The molecule has 3 N–H and O–H groups in total. The van der Waals surface area contributed by atoms with E-state index in [1.807, 2.05) is 16.7 Å². The van der Waals surface area contributed by atoms with Crippen LogP contribution in [0.4, 0.5) is 18.9 Å². The van der Waals surface area contributed by atoms with Crippen molar-refractivity contribution in [3.63, 3.8) is 0 Å². The molecule has 2 saturated carbocycles. The fourth-order valence-corrected chi connectivity index (χ4v) is 5.55. The smallest absolute Gasteiger partial charge is 0.376 e. The van der Waals surface area contributed by atoms with E-state index in [0.717, 1.165) is 44.1 Å². The molecule has 1 atom stereocenters. The molecule has 34 heavy (non-hydrogen) atoms. The Morgan fingerprint density at radius 1 is 1.15 bits per heavy atom. The lowest BCUT2D eigenvalue weighted by molar-refractivity contribution is -0.136. The fourth-order valence-electron chi connectivity index (χ4n) is 4.55. The highest BCUT2D eigenvalue weighted by Gasteiger charge is 2.36. The van der Waals surface area contributed by atoms with Crippen LogP contribution in [0.5, 0.6) is 0 Å². The predicted molar refractivity (Wildman–Crippen MR) is 123 cm³/mol. The Bertz CT molecular complexity index is 912. The zero-order valence-corrected chi connectivity index (χ0v) is 20.2. The van der Waals surface area contributed by atoms with Gasteiger partial charge in [0.05, 0.1) is 12.6 Å². The molecule has 0 aromatic heterocycles. The molecule has 0 unspecified atom stereocenters. The molecule has 0 heterocycles. The maximum Gasteiger partial charge on any atom is 0.404 e. The van der Waals surface area contributed by atoms with Gasteiger partial charge < -0.3 is 15.4 Å². The Kier molecular flexibility index (Phi) is 8.86. The third-order valence-corrected chi connectivity index (χ3v) is 8.11. The molecule has 3 rings (SSSR count). The molecule has 2 aliphatic rings. The Labute approximate surface area is 199 Å². The predicted octanol–water partition coefficient (Wildman–Crippen LogP) is 3.65. The molecular weight excluding hydrogens is 471 g/mol. The number of ether oxygens (including phenoxy) is 1. The number of carbonyl (C=O) groups excluding carboxylic acids is 1. The van der Waals surface area contributed by atoms with Crippen molar-refractivity contribution in [3.05, 3.63) is 29.8 Å². The number of anilines is 1. The first kappa shape index (κ1) is 26.7. The Balaban J connectivity index is 1.36. The van der Waals surface area contributed by atoms with Gasteiger partial charge in [-0.3, -0.25) is 9.52 Å². The number of hydrogen-bond donors (Lipinski definition) is 2. The van der Waals surface area contributed by atoms with Crippen LogP contribution in [0.25, 0.3) is 0 Å². The molecule has 0 spiro atoms. The first-order valence-corrected chi connectivity index (χ1v) is 13.3. The minimum atomic E-state index is -4.80. The van der Waals surface area contributed by atoms with E-state index in [2.05, 4.69) is 0 Å². The van der Waals surface area contributed by atoms with Crippen molar-refractivity contribution >= 4 is 21.6 Å². The summed E-state index contributed by atoms with van der Waals surface area (Å²) in [4.78, 5) is 14.5. The number of carbonyl (C=O) groups is 1. The molecule has 1 amide bonds. The van der Waals surface area contributed by atoms with Crippen molar-refractivity contribution in [3.8, 4) is 0 Å². The van der Waals surface area contributed by atoms with Crippen LogP contribution in [0.3, 0.4) is 0 Å². The minimum Gasteiger partial charge on any atom is -0.376 e. The number of nitrogens with zero attached hydrogens (tertiary/aromatic N) is 1. The van der Waals surface area contributed by atoms with Crippen LogP contribution < -0.4 is 10.5 Å². The second kappa shape index (κ2) is 11.3. The van der Waals surface area contributed by atoms with Gasteiger partial charge in [0.1, 0.15) is 0 Å². The van der Waals surface area contributed by atoms with Crippen LogP contribution in [0.1, 0.15) is 50.5 Å². The molecule has 0 saturated heterocycles. The number of nitrogens with two attached hydrogens (primary N) is 1. The summed E-state index contributed by atoms with van der Waals surface area (Å²) in [5.41, 5.74) is 7.15. The van der Waals surface area contributed by atoms with Crippen molar-refractivity contribution in [2.24, 2.45) is 17.6 Å². The number of amides is 1. The number of halogens is 3. The lowest BCUT2D eigenvalue weighted by Gasteiger charge is -2.38. The number of benzene rings is 1. The van der Waals surface area contributed by atoms with Gasteiger partial charge in [-0.05, 0) is 74.5 Å². The number of rotatable bonds is 10. The normalized spacial score (nSPS) is 22.6. The van der Waals surface area contributed by atoms with Crippen molar-refractivity contribution < 1.29 is 31.1 Å². The van der Waals surface area contributed by atoms with Gasteiger partial charge in [0, 0.05) is 25.4 Å². The molecule has 0 aliphatic heterocycles. The molecule has 0 bridgehead atoms. The van der Waals surface area contributed by atoms with Gasteiger partial charge in [-0.2, -0.15) is 13.2 Å². The van der Waals surface area contributed by atoms with E-state index in [-0.39, 0.29) is 17.5 Å². The molecule has 11 heteroatoms. The molecule has 192 valence electrons. The lowest BCUT2D eigenvalue weighted by atomic mass is 9.78. The number of alkyl halides is 3. The molecule has 2 aliphatic carbocycles. The van der Waals surface area contributed by atoms with Crippen LogP contribution >= 0.6 is 0 Å². The second-order valence-corrected chi connectivity index (χ2v) is 11.3. The summed E-state index contributed by atoms with van der Waals surface area (Å²) in [6.45, 7) is 0.886. The molecule has 7 nitrogen and oxygen atoms in total. The average molecular weight is 506 g/mol. The van der Waals surface area contributed by atoms with Crippen LogP contribution in [0.2, 0.25) is 0 Å². The highest BCUT2D eigenvalue weighted by Crippen LogP contribution is 2.32. The first-order valence-electron chi connectivity index (χ1n) is 11.7. The van der Waals surface area contributed by atoms with E-state index in [1.54, 1.807) is 12.1 Å². The Morgan fingerprint density at radius 2 is 1.76 bits per heavy atom. The summed E-state index contributed by atoms with van der Waals surface area (Å²) in [7, 11) is -2.64. The molecule has 1 aromatic carbocycles. The summed E-state index contributed by atoms with van der Waals surface area (Å²) in [5.74, 6) is -1.30. The minimum absolute atomic E-state index is 0.0496. The Hall–Kier alpha value is -1.85. The standard InChI is InChI=1S/C23H34F3N3O4S/c1-29(20-3-2-4-20)22(30)21(27)18-9-5-16(6-10-18)13-33-14-17-7-11-19(12-8-17)28-34(31,32)15-23(24,25)26/h7-8,11-12,16,18,20-21,28H,2-6,9-10,13-15,27H2,1H3/t16?,18?,21-/m0/s1. The molecule has 2 fully saturated rings. The van der Waals surface area contributed by atoms with Gasteiger partial charge in [-0.1, -0.05) is 12.1 Å². The highest BCUT2D eigenvalue weighted by molar-refractivity contribution is 7.92. The summed E-state index contributed by atoms with van der Waals surface area (Å²) in [6.07, 6.45) is 2.18. The van der Waals surface area contributed by atoms with E-state index in [0.29, 0.717) is 25.2 Å². The summed E-state index contributed by atoms with van der Waals surface area (Å²) >= 11 is 0. The van der Waals surface area contributed by atoms with E-state index >= 15 is 0 Å². The summed E-state index contributed by atoms with van der Waals surface area (Å²) < 4.78 is 67.8. The van der Waals surface area contributed by atoms with Crippen LogP contribution in [0, 0.1) is 11.8 Å². The largest absolute Gasteiger partial charge is 0.404 e. The third-order valence-electron chi connectivity index (χ3n) is 6.86. The summed E-state index contributed by atoms with van der Waals surface area (Å²) in [5, 5.41) is 0. The van der Waals surface area contributed by atoms with Crippen molar-refractivity contribution in [1.82, 2.24) is 4.90 Å². The third kappa shape index (κ3) is 7.84. The van der Waals surface area contributed by atoms with Gasteiger partial charge >= 0.3 is 6.18 Å². The number of sulfonamides is 1. The highest BCUT2D eigenvalue weighted by atomic mass is 32.2. The van der Waals surface area contributed by atoms with Crippen LogP contribution in [0.15, 0.2) is 24.3 Å². The molecular formula is C23H34F3N3O4S. The van der Waals surface area contributed by atoms with Crippen molar-refractivity contribution in [2.45, 2.75) is 69.8 Å². The number of hydrogen-bond acceptors (Lipinski definition) is 5. The quantitative estimate of drug-likeness (QED) is 0.506. The van der Waals surface area contributed by atoms with Crippen molar-refractivity contribution in [2.75, 3.05) is 24.1 Å². The summed E-state index contributed by atoms with van der Waals surface area (Å²) in [6, 6.07) is 5.96. The fraction of sp³-hybridized carbons (Fsp3) is 0.696. The monoisotopic (exact) mass is 505 g/mol. The molecule has 1 aromatic rings. The van der Waals surface area contributed by atoms with Gasteiger partial charge in [0.25, 0.3) is 0 Å². The maximum absolute atomic E-state index is 12.6. The molecule has 0 radical (unpaired) electrons. The van der Waals surface area contributed by atoms with Crippen LogP contribution in [-0.2, 0) is 26.2 Å². The number of nitrogens with one attached hydrogen (secondary N) is 1. The number of likely N-dealkylation sites (N-methyl/N-ethyl adjacent to an activating group) is 1. The maximum atomic E-state index is 12.6. The van der Waals surface area contributed by atoms with E-state index in [9.17, 15) is 26.4 Å². The topological polar surface area (TPSA) is 102 Å².